The Labute approximate surface area is 134 Å². The molecule has 7 heteroatoms. The molecule has 0 amide bonds. The average molecular weight is 378 g/mol. The van der Waals surface area contributed by atoms with Crippen LogP contribution in [0.5, 0.6) is 5.75 Å². The van der Waals surface area contributed by atoms with Gasteiger partial charge in [0.2, 0.25) is 10.0 Å². The molecule has 21 heavy (non-hydrogen) atoms. The van der Waals surface area contributed by atoms with Gasteiger partial charge in [0.15, 0.2) is 0 Å². The molecule has 0 bridgehead atoms. The number of ether oxygens (including phenoxy) is 1. The van der Waals surface area contributed by atoms with Crippen molar-refractivity contribution in [2.24, 2.45) is 0 Å². The summed E-state index contributed by atoms with van der Waals surface area (Å²) in [5.74, 6) is 0.578. The number of methoxy groups -OCH3 is 1. The Morgan fingerprint density at radius 1 is 1.33 bits per heavy atom. The molecule has 0 radical (unpaired) electrons. The molecule has 1 N–H and O–H groups in total. The molecule has 0 saturated heterocycles. The third-order valence-electron chi connectivity index (χ3n) is 3.96. The SMILES string of the molecule is COc1ccc(S(=O)(=O)N(C)[C@H]2CCCC[C@@H]2O)cc1Br. The van der Waals surface area contributed by atoms with Crippen molar-refractivity contribution in [2.75, 3.05) is 14.2 Å². The van der Waals surface area contributed by atoms with Crippen molar-refractivity contribution in [3.8, 4) is 5.75 Å². The van der Waals surface area contributed by atoms with E-state index in [9.17, 15) is 13.5 Å². The highest BCUT2D eigenvalue weighted by atomic mass is 79.9. The molecule has 1 aliphatic rings. The zero-order valence-electron chi connectivity index (χ0n) is 12.1. The van der Waals surface area contributed by atoms with Crippen LogP contribution in [0, 0.1) is 0 Å². The van der Waals surface area contributed by atoms with E-state index >= 15 is 0 Å². The zero-order chi connectivity index (χ0) is 15.6. The summed E-state index contributed by atoms with van der Waals surface area (Å²) >= 11 is 3.30. The second-order valence-corrected chi connectivity index (χ2v) is 8.09. The molecule has 1 saturated carbocycles. The molecule has 118 valence electrons. The van der Waals surface area contributed by atoms with E-state index in [4.69, 9.17) is 4.74 Å². The van der Waals surface area contributed by atoms with E-state index in [1.807, 2.05) is 0 Å². The van der Waals surface area contributed by atoms with Crippen molar-refractivity contribution in [3.63, 3.8) is 0 Å². The van der Waals surface area contributed by atoms with E-state index in [1.54, 1.807) is 6.07 Å². The number of hydrogen-bond donors (Lipinski definition) is 1. The Morgan fingerprint density at radius 2 is 2.00 bits per heavy atom. The lowest BCUT2D eigenvalue weighted by Gasteiger charge is -2.34. The smallest absolute Gasteiger partial charge is 0.243 e. The Balaban J connectivity index is 2.30. The number of benzene rings is 1. The largest absolute Gasteiger partial charge is 0.496 e. The molecule has 2 rings (SSSR count). The van der Waals surface area contributed by atoms with Gasteiger partial charge in [-0.2, -0.15) is 4.31 Å². The molecule has 0 aliphatic heterocycles. The summed E-state index contributed by atoms with van der Waals surface area (Å²) < 4.78 is 32.4. The van der Waals surface area contributed by atoms with Crippen LogP contribution in [0.4, 0.5) is 0 Å². The minimum absolute atomic E-state index is 0.190. The highest BCUT2D eigenvalue weighted by molar-refractivity contribution is 9.10. The number of nitrogens with zero attached hydrogens (tertiary/aromatic N) is 1. The van der Waals surface area contributed by atoms with Gasteiger partial charge < -0.3 is 9.84 Å². The second-order valence-electron chi connectivity index (χ2n) is 5.24. The molecule has 1 aromatic carbocycles. The predicted molar refractivity (Wildman–Crippen MR) is 83.9 cm³/mol. The summed E-state index contributed by atoms with van der Waals surface area (Å²) in [5, 5.41) is 10.1. The van der Waals surface area contributed by atoms with Gasteiger partial charge in [-0.1, -0.05) is 12.8 Å². The number of sulfonamides is 1. The first kappa shape index (κ1) is 16.7. The summed E-state index contributed by atoms with van der Waals surface area (Å²) in [6.45, 7) is 0. The van der Waals surface area contributed by atoms with Crippen molar-refractivity contribution in [2.45, 2.75) is 42.7 Å². The highest BCUT2D eigenvalue weighted by Crippen LogP contribution is 2.31. The summed E-state index contributed by atoms with van der Waals surface area (Å²) in [6, 6.07) is 4.30. The fraction of sp³-hybridized carbons (Fsp3) is 0.571. The van der Waals surface area contributed by atoms with Gasteiger partial charge >= 0.3 is 0 Å². The molecule has 1 aromatic rings. The van der Waals surface area contributed by atoms with Crippen LogP contribution in [0.3, 0.4) is 0 Å². The molecule has 0 heterocycles. The van der Waals surface area contributed by atoms with Gasteiger partial charge in [-0.3, -0.25) is 0 Å². The average Bonchev–Trinajstić information content (AvgIpc) is 2.47. The lowest BCUT2D eigenvalue weighted by molar-refractivity contribution is 0.0638. The monoisotopic (exact) mass is 377 g/mol. The van der Waals surface area contributed by atoms with E-state index < -0.39 is 16.1 Å². The molecule has 1 aliphatic carbocycles. The molecule has 5 nitrogen and oxygen atoms in total. The van der Waals surface area contributed by atoms with E-state index in [2.05, 4.69) is 15.9 Å². The van der Waals surface area contributed by atoms with Crippen molar-refractivity contribution >= 4 is 26.0 Å². The number of likely N-dealkylation sites (N-methyl/N-ethyl adjacent to an activating group) is 1. The predicted octanol–water partition coefficient (Wildman–Crippen LogP) is 2.38. The summed E-state index contributed by atoms with van der Waals surface area (Å²) in [5.41, 5.74) is 0. The lowest BCUT2D eigenvalue weighted by Crippen LogP contribution is -2.46. The minimum atomic E-state index is -3.63. The Hall–Kier alpha value is -0.630. The first-order valence-corrected chi connectivity index (χ1v) is 9.11. The molecule has 0 unspecified atom stereocenters. The molecule has 1 fully saturated rings. The van der Waals surface area contributed by atoms with Crippen molar-refractivity contribution in [1.29, 1.82) is 0 Å². The van der Waals surface area contributed by atoms with Crippen molar-refractivity contribution < 1.29 is 18.3 Å². The first-order chi connectivity index (χ1) is 9.87. The van der Waals surface area contributed by atoms with Crippen LogP contribution in [0.25, 0.3) is 0 Å². The lowest BCUT2D eigenvalue weighted by atomic mass is 9.93. The molecular formula is C14H20BrNO4S. The zero-order valence-corrected chi connectivity index (χ0v) is 14.5. The van der Waals surface area contributed by atoms with Gasteiger partial charge in [0, 0.05) is 7.05 Å². The number of halogens is 1. The van der Waals surface area contributed by atoms with Crippen LogP contribution in [0.2, 0.25) is 0 Å². The van der Waals surface area contributed by atoms with Gasteiger partial charge in [-0.15, -0.1) is 0 Å². The van der Waals surface area contributed by atoms with E-state index in [0.29, 0.717) is 23.1 Å². The van der Waals surface area contributed by atoms with Gasteiger partial charge in [0.1, 0.15) is 5.75 Å². The first-order valence-electron chi connectivity index (χ1n) is 6.87. The van der Waals surface area contributed by atoms with Crippen LogP contribution >= 0.6 is 15.9 Å². The van der Waals surface area contributed by atoms with Gasteiger partial charge in [0.05, 0.1) is 28.6 Å². The van der Waals surface area contributed by atoms with Crippen molar-refractivity contribution in [3.05, 3.63) is 22.7 Å². The quantitative estimate of drug-likeness (QED) is 0.874. The maximum Gasteiger partial charge on any atom is 0.243 e. The third-order valence-corrected chi connectivity index (χ3v) is 6.46. The van der Waals surface area contributed by atoms with Crippen LogP contribution in [0.15, 0.2) is 27.6 Å². The topological polar surface area (TPSA) is 66.8 Å². The van der Waals surface area contributed by atoms with Gasteiger partial charge in [-0.25, -0.2) is 8.42 Å². The standard InChI is InChI=1S/C14H20BrNO4S/c1-16(12-5-3-4-6-13(12)17)21(18,19)10-7-8-14(20-2)11(15)9-10/h7-9,12-13,17H,3-6H2,1-2H3/t12-,13-/m0/s1. The molecule has 2 atom stereocenters. The van der Waals surface area contributed by atoms with Crippen LogP contribution < -0.4 is 4.74 Å². The fourth-order valence-electron chi connectivity index (χ4n) is 2.67. The van der Waals surface area contributed by atoms with Crippen LogP contribution in [-0.4, -0.2) is 44.1 Å². The number of hydrogen-bond acceptors (Lipinski definition) is 4. The summed E-state index contributed by atoms with van der Waals surface area (Å²) in [7, 11) is -0.570. The summed E-state index contributed by atoms with van der Waals surface area (Å²) in [6.07, 6.45) is 2.62. The summed E-state index contributed by atoms with van der Waals surface area (Å²) in [4.78, 5) is 0.190. The molecule has 0 aromatic heterocycles. The third kappa shape index (κ3) is 3.41. The second kappa shape index (κ2) is 6.64. The van der Waals surface area contributed by atoms with E-state index in [-0.39, 0.29) is 10.9 Å². The van der Waals surface area contributed by atoms with Crippen molar-refractivity contribution in [1.82, 2.24) is 4.31 Å². The Bertz CT molecular complexity index is 605. The van der Waals surface area contributed by atoms with Gasteiger partial charge in [-0.05, 0) is 47.0 Å². The molecule has 0 spiro atoms. The maximum atomic E-state index is 12.7. The van der Waals surface area contributed by atoms with E-state index in [0.717, 1.165) is 12.8 Å². The Kier molecular flexibility index (Phi) is 5.29. The fourth-order valence-corrected chi connectivity index (χ4v) is 4.80. The highest BCUT2D eigenvalue weighted by Gasteiger charge is 2.34. The van der Waals surface area contributed by atoms with E-state index in [1.165, 1.54) is 30.6 Å². The number of aliphatic hydroxyl groups is 1. The normalized spacial score (nSPS) is 23.3. The van der Waals surface area contributed by atoms with Gasteiger partial charge in [0.25, 0.3) is 0 Å². The number of rotatable bonds is 4. The maximum absolute atomic E-state index is 12.7. The molecular weight excluding hydrogens is 358 g/mol. The number of aliphatic hydroxyl groups excluding tert-OH is 1. The Morgan fingerprint density at radius 3 is 2.57 bits per heavy atom. The van der Waals surface area contributed by atoms with Crippen LogP contribution in [-0.2, 0) is 10.0 Å². The van der Waals surface area contributed by atoms with Crippen LogP contribution in [0.1, 0.15) is 25.7 Å². The minimum Gasteiger partial charge on any atom is -0.496 e.